The third kappa shape index (κ3) is 7.41. The van der Waals surface area contributed by atoms with Crippen molar-refractivity contribution in [1.82, 2.24) is 10.2 Å². The molecule has 48 heavy (non-hydrogen) atoms. The molecule has 2 heterocycles. The van der Waals surface area contributed by atoms with Crippen molar-refractivity contribution in [3.05, 3.63) is 124 Å². The summed E-state index contributed by atoms with van der Waals surface area (Å²) >= 11 is 0. The highest BCUT2D eigenvalue weighted by Crippen LogP contribution is 2.42. The number of nitrogens with zero attached hydrogens (tertiary/aromatic N) is 1. The second-order valence-electron chi connectivity index (χ2n) is 12.1. The Morgan fingerprint density at radius 2 is 1.50 bits per heavy atom. The lowest BCUT2D eigenvalue weighted by Gasteiger charge is -2.43. The number of esters is 1. The molecule has 0 aromatic heterocycles. The van der Waals surface area contributed by atoms with Crippen molar-refractivity contribution in [1.29, 1.82) is 0 Å². The maximum absolute atomic E-state index is 13.7. The maximum atomic E-state index is 13.7. The molecule has 0 aliphatic carbocycles. The summed E-state index contributed by atoms with van der Waals surface area (Å²) in [6.07, 6.45) is -6.46. The Morgan fingerprint density at radius 1 is 0.917 bits per heavy atom. The molecule has 2 aliphatic rings. The van der Waals surface area contributed by atoms with Crippen LogP contribution in [-0.4, -0.2) is 60.7 Å². The number of benzene rings is 3. The summed E-state index contributed by atoms with van der Waals surface area (Å²) in [7, 11) is 0. The van der Waals surface area contributed by atoms with Gasteiger partial charge in [-0.2, -0.15) is 17.6 Å². The normalized spacial score (nSPS) is 18.4. The highest BCUT2D eigenvalue weighted by molar-refractivity contribution is 5.99. The van der Waals surface area contributed by atoms with Gasteiger partial charge >= 0.3 is 24.5 Å². The van der Waals surface area contributed by atoms with E-state index < -0.39 is 36.1 Å². The topological polar surface area (TPSA) is 88.1 Å². The summed E-state index contributed by atoms with van der Waals surface area (Å²) < 4.78 is 62.8. The predicted octanol–water partition coefficient (Wildman–Crippen LogP) is 7.26. The van der Waals surface area contributed by atoms with Crippen LogP contribution in [0.15, 0.2) is 107 Å². The number of alkyl halides is 4. The Balaban J connectivity index is 1.25. The van der Waals surface area contributed by atoms with Gasteiger partial charge in [0.15, 0.2) is 0 Å². The molecular weight excluding hydrogens is 628 g/mol. The van der Waals surface area contributed by atoms with Gasteiger partial charge in [0.1, 0.15) is 5.75 Å². The zero-order valence-electron chi connectivity index (χ0n) is 26.7. The molecular formula is C37H38F4N2O5. The Hall–Kier alpha value is -4.64. The van der Waals surface area contributed by atoms with Crippen LogP contribution in [0, 0.1) is 0 Å². The molecule has 0 saturated carbocycles. The van der Waals surface area contributed by atoms with Gasteiger partial charge in [-0.25, -0.2) is 9.59 Å². The molecule has 5 rings (SSSR count). The number of dihydropyridines is 1. The van der Waals surface area contributed by atoms with E-state index in [0.717, 1.165) is 38.1 Å². The van der Waals surface area contributed by atoms with E-state index in [1.54, 1.807) is 6.92 Å². The summed E-state index contributed by atoms with van der Waals surface area (Å²) in [6.45, 7) is 5.54. The highest BCUT2D eigenvalue weighted by atomic mass is 19.3. The van der Waals surface area contributed by atoms with Crippen molar-refractivity contribution < 1.29 is 41.7 Å². The largest absolute Gasteiger partial charge is 0.478 e. The molecule has 2 aliphatic heterocycles. The average molecular weight is 667 g/mol. The first-order valence-electron chi connectivity index (χ1n) is 15.8. The molecule has 0 radical (unpaired) electrons. The molecule has 1 unspecified atom stereocenters. The second-order valence-corrected chi connectivity index (χ2v) is 12.1. The fourth-order valence-electron chi connectivity index (χ4n) is 6.79. The summed E-state index contributed by atoms with van der Waals surface area (Å²) in [5.41, 5.74) is 2.90. The number of hydrogen-bond donors (Lipinski definition) is 2. The van der Waals surface area contributed by atoms with Gasteiger partial charge in [-0.1, -0.05) is 72.8 Å². The summed E-state index contributed by atoms with van der Waals surface area (Å²) in [6, 6.07) is 25.8. The lowest BCUT2D eigenvalue weighted by Crippen LogP contribution is -2.43. The van der Waals surface area contributed by atoms with E-state index in [1.807, 2.05) is 12.1 Å². The Labute approximate surface area is 276 Å². The molecule has 3 aromatic carbocycles. The van der Waals surface area contributed by atoms with Crippen LogP contribution in [0.2, 0.25) is 0 Å². The fourth-order valence-corrected chi connectivity index (χ4v) is 6.79. The third-order valence-corrected chi connectivity index (χ3v) is 9.12. The minimum atomic E-state index is -4.76. The molecule has 1 saturated heterocycles. The van der Waals surface area contributed by atoms with Gasteiger partial charge in [0.25, 0.3) is 0 Å². The molecule has 0 spiro atoms. The number of hydrogen-bond acceptors (Lipinski definition) is 6. The van der Waals surface area contributed by atoms with Gasteiger partial charge in [0, 0.05) is 23.4 Å². The predicted molar refractivity (Wildman–Crippen MR) is 172 cm³/mol. The maximum Gasteiger partial charge on any atom is 0.461 e. The molecule has 7 nitrogen and oxygen atoms in total. The van der Waals surface area contributed by atoms with E-state index >= 15 is 0 Å². The summed E-state index contributed by atoms with van der Waals surface area (Å²) in [4.78, 5) is 28.2. The SMILES string of the molecule is CC1=C(C(=O)O)C(c2cccc(OC(F)(F)C(F)F)c2)C(C(=O)OCCCN2CCC(c3ccccc3)(c3ccccc3)CC2)=C(C)N1. The van der Waals surface area contributed by atoms with Gasteiger partial charge in [-0.05, 0) is 75.0 Å². The lowest BCUT2D eigenvalue weighted by atomic mass is 9.68. The number of carboxylic acids is 1. The van der Waals surface area contributed by atoms with E-state index in [0.29, 0.717) is 18.7 Å². The van der Waals surface area contributed by atoms with Crippen LogP contribution in [0.1, 0.15) is 55.7 Å². The quantitative estimate of drug-likeness (QED) is 0.120. The van der Waals surface area contributed by atoms with E-state index in [1.165, 1.54) is 30.2 Å². The van der Waals surface area contributed by atoms with Gasteiger partial charge in [-0.15, -0.1) is 0 Å². The molecule has 1 fully saturated rings. The van der Waals surface area contributed by atoms with Crippen molar-refractivity contribution in [2.24, 2.45) is 0 Å². The minimum Gasteiger partial charge on any atom is -0.478 e. The number of carboxylic acid groups (broad SMARTS) is 1. The second kappa shape index (κ2) is 14.6. The Kier molecular flexibility index (Phi) is 10.6. The van der Waals surface area contributed by atoms with Crippen molar-refractivity contribution in [2.45, 2.75) is 57.0 Å². The highest BCUT2D eigenvalue weighted by Gasteiger charge is 2.44. The Bertz CT molecular complexity index is 1630. The lowest BCUT2D eigenvalue weighted by molar-refractivity contribution is -0.253. The number of carbonyl (C=O) groups excluding carboxylic acids is 1. The summed E-state index contributed by atoms with van der Waals surface area (Å²) in [5.74, 6) is -3.95. The first-order chi connectivity index (χ1) is 22.9. The van der Waals surface area contributed by atoms with Crippen LogP contribution in [0.3, 0.4) is 0 Å². The van der Waals surface area contributed by atoms with Crippen molar-refractivity contribution in [3.8, 4) is 5.75 Å². The van der Waals surface area contributed by atoms with E-state index in [2.05, 4.69) is 63.5 Å². The van der Waals surface area contributed by atoms with Crippen LogP contribution in [0.5, 0.6) is 5.75 Å². The fraction of sp³-hybridized carbons (Fsp3) is 0.351. The third-order valence-electron chi connectivity index (χ3n) is 9.12. The van der Waals surface area contributed by atoms with Gasteiger partial charge < -0.3 is 24.8 Å². The smallest absolute Gasteiger partial charge is 0.461 e. The van der Waals surface area contributed by atoms with Crippen molar-refractivity contribution in [2.75, 3.05) is 26.2 Å². The minimum absolute atomic E-state index is 0.0238. The van der Waals surface area contributed by atoms with E-state index in [4.69, 9.17) is 4.74 Å². The van der Waals surface area contributed by atoms with Gasteiger partial charge in [0.05, 0.1) is 23.7 Å². The number of carbonyl (C=O) groups is 2. The number of piperidine rings is 1. The van der Waals surface area contributed by atoms with Crippen LogP contribution in [0.25, 0.3) is 0 Å². The Morgan fingerprint density at radius 3 is 2.06 bits per heavy atom. The number of rotatable bonds is 12. The number of aliphatic carboxylic acids is 1. The average Bonchev–Trinajstić information content (AvgIpc) is 3.07. The molecule has 3 aromatic rings. The van der Waals surface area contributed by atoms with Crippen LogP contribution >= 0.6 is 0 Å². The zero-order valence-corrected chi connectivity index (χ0v) is 26.7. The molecule has 11 heteroatoms. The number of ether oxygens (including phenoxy) is 2. The summed E-state index contributed by atoms with van der Waals surface area (Å²) in [5, 5.41) is 13.0. The number of nitrogens with one attached hydrogen (secondary N) is 1. The molecule has 1 atom stereocenters. The van der Waals surface area contributed by atoms with E-state index in [-0.39, 0.29) is 34.4 Å². The van der Waals surface area contributed by atoms with Crippen LogP contribution < -0.4 is 10.1 Å². The number of halogens is 4. The molecule has 0 amide bonds. The van der Waals surface area contributed by atoms with Crippen LogP contribution in [0.4, 0.5) is 17.6 Å². The first-order valence-corrected chi connectivity index (χ1v) is 15.8. The van der Waals surface area contributed by atoms with Crippen molar-refractivity contribution >= 4 is 11.9 Å². The first kappa shape index (κ1) is 34.7. The molecule has 0 bridgehead atoms. The standard InChI is InChI=1S/C37H38F4N2O5/c1-24-30(33(44)45)32(26-11-9-16-29(23-26)48-37(40,41)35(38)39)31(25(2)42-24)34(46)47-22-10-19-43-20-17-36(18-21-43,27-12-5-3-6-13-27)28-14-7-4-8-15-28/h3-9,11-16,23,32,35,42H,10,17-22H2,1-2H3,(H,44,45). The van der Waals surface area contributed by atoms with Crippen LogP contribution in [-0.2, 0) is 19.7 Å². The zero-order chi connectivity index (χ0) is 34.5. The van der Waals surface area contributed by atoms with E-state index in [9.17, 15) is 32.3 Å². The van der Waals surface area contributed by atoms with Gasteiger partial charge in [0.2, 0.25) is 0 Å². The monoisotopic (exact) mass is 666 g/mol. The number of allylic oxidation sites excluding steroid dienone is 2. The van der Waals surface area contributed by atoms with Crippen molar-refractivity contribution in [3.63, 3.8) is 0 Å². The molecule has 254 valence electrons. The van der Waals surface area contributed by atoms with Gasteiger partial charge in [-0.3, -0.25) is 0 Å². The number of likely N-dealkylation sites (tertiary alicyclic amines) is 1. The molecule has 2 N–H and O–H groups in total.